The summed E-state index contributed by atoms with van der Waals surface area (Å²) in [4.78, 5) is -0.0524. The quantitative estimate of drug-likeness (QED) is 0.462. The molecule has 0 aliphatic carbocycles. The zero-order valence-corrected chi connectivity index (χ0v) is 17.6. The Balaban J connectivity index is 2.11. The number of hydrogen-bond acceptors (Lipinski definition) is 7. The largest absolute Gasteiger partial charge is 0.467 e. The van der Waals surface area contributed by atoms with E-state index in [0.29, 0.717) is 5.76 Å². The molecule has 11 heteroatoms. The van der Waals surface area contributed by atoms with Gasteiger partial charge in [0.2, 0.25) is 10.0 Å². The van der Waals surface area contributed by atoms with Crippen molar-refractivity contribution in [1.82, 2.24) is 0 Å². The Hall–Kier alpha value is -2.31. The van der Waals surface area contributed by atoms with E-state index in [0.717, 1.165) is 28.3 Å². The zero-order chi connectivity index (χ0) is 21.2. The van der Waals surface area contributed by atoms with Gasteiger partial charge in [0.15, 0.2) is 0 Å². The zero-order valence-electron chi connectivity index (χ0n) is 15.2. The fourth-order valence-corrected chi connectivity index (χ4v) is 5.23. The SMILES string of the molecule is Cc1ccc(Sc2cc(NCc3ccco3)c(S(=O)(=O)O)cc2S(N)(=O)=O)cc1. The number of aryl methyl sites for hydroxylation is 1. The van der Waals surface area contributed by atoms with Crippen LogP contribution >= 0.6 is 11.8 Å². The molecule has 0 spiro atoms. The van der Waals surface area contributed by atoms with Crippen LogP contribution in [0.5, 0.6) is 0 Å². The van der Waals surface area contributed by atoms with Crippen LogP contribution < -0.4 is 10.5 Å². The summed E-state index contributed by atoms with van der Waals surface area (Å²) in [5.74, 6) is 0.523. The molecule has 8 nitrogen and oxygen atoms in total. The van der Waals surface area contributed by atoms with Crippen molar-refractivity contribution >= 4 is 37.6 Å². The van der Waals surface area contributed by atoms with Crippen LogP contribution in [-0.4, -0.2) is 21.4 Å². The summed E-state index contributed by atoms with van der Waals surface area (Å²) in [6, 6.07) is 12.9. The van der Waals surface area contributed by atoms with Crippen molar-refractivity contribution in [2.75, 3.05) is 5.32 Å². The molecule has 3 rings (SSSR count). The second-order valence-corrected chi connectivity index (χ2v) is 10.2. The van der Waals surface area contributed by atoms with E-state index in [-0.39, 0.29) is 17.1 Å². The molecule has 0 atom stereocenters. The van der Waals surface area contributed by atoms with Crippen molar-refractivity contribution in [1.29, 1.82) is 0 Å². The molecule has 0 aliphatic heterocycles. The molecule has 29 heavy (non-hydrogen) atoms. The van der Waals surface area contributed by atoms with E-state index in [1.807, 2.05) is 19.1 Å². The predicted molar refractivity (Wildman–Crippen MR) is 109 cm³/mol. The summed E-state index contributed by atoms with van der Waals surface area (Å²) in [6.45, 7) is 2.04. The van der Waals surface area contributed by atoms with Crippen molar-refractivity contribution in [3.8, 4) is 0 Å². The molecule has 0 aliphatic rings. The van der Waals surface area contributed by atoms with Crippen molar-refractivity contribution in [2.45, 2.75) is 33.1 Å². The summed E-state index contributed by atoms with van der Waals surface area (Å²) in [6.07, 6.45) is 1.46. The Bertz CT molecular complexity index is 1220. The highest BCUT2D eigenvalue weighted by molar-refractivity contribution is 8.00. The Morgan fingerprint density at radius 3 is 2.31 bits per heavy atom. The third-order valence-corrected chi connectivity index (χ3v) is 6.95. The fourth-order valence-electron chi connectivity index (χ4n) is 2.52. The molecule has 3 aromatic rings. The number of anilines is 1. The van der Waals surface area contributed by atoms with Crippen LogP contribution in [-0.2, 0) is 26.7 Å². The molecule has 2 aromatic carbocycles. The van der Waals surface area contributed by atoms with Gasteiger partial charge in [-0.1, -0.05) is 29.5 Å². The monoisotopic (exact) mass is 454 g/mol. The van der Waals surface area contributed by atoms with Gasteiger partial charge in [0, 0.05) is 9.79 Å². The van der Waals surface area contributed by atoms with Crippen molar-refractivity contribution in [3.63, 3.8) is 0 Å². The average molecular weight is 455 g/mol. The van der Waals surface area contributed by atoms with Crippen molar-refractivity contribution in [2.24, 2.45) is 5.14 Å². The highest BCUT2D eigenvalue weighted by Crippen LogP contribution is 2.37. The first-order valence-corrected chi connectivity index (χ1v) is 12.0. The van der Waals surface area contributed by atoms with Crippen molar-refractivity contribution in [3.05, 3.63) is 66.1 Å². The maximum atomic E-state index is 12.1. The second kappa shape index (κ2) is 8.20. The smallest absolute Gasteiger partial charge is 0.296 e. The average Bonchev–Trinajstić information content (AvgIpc) is 3.13. The van der Waals surface area contributed by atoms with Crippen LogP contribution in [0.15, 0.2) is 78.8 Å². The second-order valence-electron chi connectivity index (χ2n) is 6.16. The first-order chi connectivity index (χ1) is 13.5. The van der Waals surface area contributed by atoms with Gasteiger partial charge in [0.1, 0.15) is 10.7 Å². The lowest BCUT2D eigenvalue weighted by Crippen LogP contribution is -2.16. The van der Waals surface area contributed by atoms with Gasteiger partial charge >= 0.3 is 0 Å². The molecule has 4 N–H and O–H groups in total. The van der Waals surface area contributed by atoms with Crippen molar-refractivity contribution < 1.29 is 25.8 Å². The number of primary sulfonamides is 1. The number of nitrogens with one attached hydrogen (secondary N) is 1. The summed E-state index contributed by atoms with van der Waals surface area (Å²) in [7, 11) is -8.99. The van der Waals surface area contributed by atoms with Gasteiger partial charge in [-0.05, 0) is 43.3 Å². The molecule has 1 heterocycles. The Morgan fingerprint density at radius 1 is 1.07 bits per heavy atom. The lowest BCUT2D eigenvalue weighted by molar-refractivity contribution is 0.482. The van der Waals surface area contributed by atoms with Crippen LogP contribution in [0.25, 0.3) is 0 Å². The number of hydrogen-bond donors (Lipinski definition) is 3. The first kappa shape index (κ1) is 21.4. The minimum Gasteiger partial charge on any atom is -0.467 e. The van der Waals surface area contributed by atoms with E-state index in [2.05, 4.69) is 5.32 Å². The predicted octanol–water partition coefficient (Wildman–Crippen LogP) is 3.25. The number of benzene rings is 2. The van der Waals surface area contributed by atoms with E-state index >= 15 is 0 Å². The maximum absolute atomic E-state index is 12.1. The topological polar surface area (TPSA) is 140 Å². The number of rotatable bonds is 7. The molecule has 0 saturated carbocycles. The highest BCUT2D eigenvalue weighted by Gasteiger charge is 2.24. The summed E-state index contributed by atoms with van der Waals surface area (Å²) < 4.78 is 62.7. The van der Waals surface area contributed by atoms with Crippen LogP contribution in [0.4, 0.5) is 5.69 Å². The Labute approximate surface area is 172 Å². The van der Waals surface area contributed by atoms with Crippen LogP contribution in [0.1, 0.15) is 11.3 Å². The molecule has 0 unspecified atom stereocenters. The highest BCUT2D eigenvalue weighted by atomic mass is 32.2. The summed E-state index contributed by atoms with van der Waals surface area (Å²) in [5.41, 5.74) is 1.05. The van der Waals surface area contributed by atoms with Crippen LogP contribution in [0.3, 0.4) is 0 Å². The number of furan rings is 1. The van der Waals surface area contributed by atoms with Crippen LogP contribution in [0, 0.1) is 6.92 Å². The lowest BCUT2D eigenvalue weighted by Gasteiger charge is -2.15. The number of sulfonamides is 1. The Morgan fingerprint density at radius 2 is 1.76 bits per heavy atom. The minimum atomic E-state index is -4.72. The molecular formula is C18H18N2O6S3. The Kier molecular flexibility index (Phi) is 6.05. The standard InChI is InChI=1S/C18H18N2O6S3/c1-12-4-6-14(7-5-12)27-16-9-15(20-11-13-3-2-8-26-13)17(29(23,24)25)10-18(16)28(19,21)22/h2-10,20H,11H2,1H3,(H2,19,21,22)(H,23,24,25). The normalized spacial score (nSPS) is 12.1. The fraction of sp³-hybridized carbons (Fsp3) is 0.111. The molecule has 0 fully saturated rings. The molecular weight excluding hydrogens is 436 g/mol. The van der Waals surface area contributed by atoms with E-state index < -0.39 is 29.9 Å². The molecule has 0 amide bonds. The first-order valence-electron chi connectivity index (χ1n) is 8.23. The van der Waals surface area contributed by atoms with Gasteiger partial charge < -0.3 is 9.73 Å². The van der Waals surface area contributed by atoms with Gasteiger partial charge in [0.25, 0.3) is 10.1 Å². The van der Waals surface area contributed by atoms with E-state index in [4.69, 9.17) is 9.56 Å². The third-order valence-electron chi connectivity index (χ3n) is 3.91. The summed E-state index contributed by atoms with van der Waals surface area (Å²) in [5, 5.41) is 8.15. The van der Waals surface area contributed by atoms with Gasteiger partial charge in [-0.15, -0.1) is 0 Å². The van der Waals surface area contributed by atoms with E-state index in [9.17, 15) is 21.4 Å². The molecule has 0 bridgehead atoms. The third kappa shape index (κ3) is 5.40. The minimum absolute atomic E-state index is 0.0194. The molecule has 0 radical (unpaired) electrons. The van der Waals surface area contributed by atoms with E-state index in [1.165, 1.54) is 12.3 Å². The number of nitrogens with two attached hydrogens (primary N) is 1. The lowest BCUT2D eigenvalue weighted by atomic mass is 10.2. The summed E-state index contributed by atoms with van der Waals surface area (Å²) >= 11 is 1.11. The van der Waals surface area contributed by atoms with Gasteiger partial charge in [0.05, 0.1) is 23.4 Å². The van der Waals surface area contributed by atoms with Gasteiger partial charge in [-0.2, -0.15) is 8.42 Å². The van der Waals surface area contributed by atoms with Crippen LogP contribution in [0.2, 0.25) is 0 Å². The van der Waals surface area contributed by atoms with Gasteiger partial charge in [-0.3, -0.25) is 4.55 Å². The molecule has 154 valence electrons. The molecule has 0 saturated heterocycles. The maximum Gasteiger partial charge on any atom is 0.296 e. The van der Waals surface area contributed by atoms with E-state index in [1.54, 1.807) is 24.3 Å². The van der Waals surface area contributed by atoms with Gasteiger partial charge in [-0.25, -0.2) is 13.6 Å². The molecule has 1 aromatic heterocycles.